The number of hydrogen-bond donors (Lipinski definition) is 0. The van der Waals surface area contributed by atoms with E-state index in [9.17, 15) is 4.79 Å². The molecule has 2 aromatic carbocycles. The molecule has 0 saturated carbocycles. The van der Waals surface area contributed by atoms with Gasteiger partial charge in [0.1, 0.15) is 22.7 Å². The minimum absolute atomic E-state index is 0.150. The Labute approximate surface area is 212 Å². The van der Waals surface area contributed by atoms with Crippen LogP contribution in [0.15, 0.2) is 65.7 Å². The van der Waals surface area contributed by atoms with Crippen LogP contribution in [0.25, 0.3) is 27.5 Å². The lowest BCUT2D eigenvalue weighted by Gasteiger charge is -2.20. The van der Waals surface area contributed by atoms with Crippen LogP contribution in [0, 0.1) is 6.92 Å². The summed E-state index contributed by atoms with van der Waals surface area (Å²) in [5.74, 6) is 1.92. The topological polar surface area (TPSA) is 95.4 Å². The van der Waals surface area contributed by atoms with Crippen molar-refractivity contribution in [1.82, 2.24) is 33.9 Å². The van der Waals surface area contributed by atoms with Gasteiger partial charge < -0.3 is 9.64 Å². The van der Waals surface area contributed by atoms with Crippen molar-refractivity contribution in [2.75, 3.05) is 19.1 Å². The Morgan fingerprint density at radius 3 is 2.65 bits per heavy atom. The number of aromatic nitrogens is 7. The summed E-state index contributed by atoms with van der Waals surface area (Å²) in [7, 11) is 5.49. The van der Waals surface area contributed by atoms with E-state index in [0.717, 1.165) is 28.0 Å². The molecule has 6 aromatic rings. The lowest BCUT2D eigenvalue weighted by Crippen LogP contribution is -2.25. The molecule has 0 unspecified atom stereocenters. The summed E-state index contributed by atoms with van der Waals surface area (Å²) in [4.78, 5) is 25.6. The molecule has 0 atom stereocenters. The van der Waals surface area contributed by atoms with Gasteiger partial charge in [-0.15, -0.1) is 0 Å². The lowest BCUT2D eigenvalue weighted by atomic mass is 10.2. The molecular formula is C27H26N8O2. The number of anilines is 1. The largest absolute Gasteiger partial charge is 0.494 e. The third kappa shape index (κ3) is 3.86. The number of fused-ring (bicyclic) bond motifs is 4. The number of methoxy groups -OCH3 is 1. The molecule has 186 valence electrons. The second-order valence-corrected chi connectivity index (χ2v) is 9.16. The molecule has 4 heterocycles. The van der Waals surface area contributed by atoms with Gasteiger partial charge >= 0.3 is 0 Å². The van der Waals surface area contributed by atoms with Gasteiger partial charge in [0.2, 0.25) is 0 Å². The fourth-order valence-electron chi connectivity index (χ4n) is 4.84. The zero-order valence-corrected chi connectivity index (χ0v) is 21.1. The van der Waals surface area contributed by atoms with Gasteiger partial charge in [0, 0.05) is 43.9 Å². The minimum Gasteiger partial charge on any atom is -0.494 e. The van der Waals surface area contributed by atoms with Gasteiger partial charge in [0.15, 0.2) is 5.82 Å². The summed E-state index contributed by atoms with van der Waals surface area (Å²) in [6.45, 7) is 2.73. The molecule has 0 fully saturated rings. The number of nitrogens with zero attached hydrogens (tertiary/aromatic N) is 8. The van der Waals surface area contributed by atoms with Crippen LogP contribution in [0.5, 0.6) is 5.75 Å². The molecule has 0 aliphatic rings. The molecule has 10 nitrogen and oxygen atoms in total. The highest BCUT2D eigenvalue weighted by molar-refractivity contribution is 5.89. The van der Waals surface area contributed by atoms with Crippen LogP contribution in [0.4, 0.5) is 5.82 Å². The van der Waals surface area contributed by atoms with Gasteiger partial charge in [0.05, 0.1) is 36.4 Å². The van der Waals surface area contributed by atoms with Crippen molar-refractivity contribution in [3.63, 3.8) is 0 Å². The molecule has 0 bridgehead atoms. The molecule has 10 heteroatoms. The van der Waals surface area contributed by atoms with Crippen LogP contribution in [0.1, 0.15) is 17.1 Å². The molecule has 0 aliphatic carbocycles. The Morgan fingerprint density at radius 1 is 1.05 bits per heavy atom. The van der Waals surface area contributed by atoms with Gasteiger partial charge in [-0.25, -0.2) is 14.5 Å². The van der Waals surface area contributed by atoms with Crippen LogP contribution in [-0.2, 0) is 20.1 Å². The standard InChI is InChI=1S/C27H26N8O2/c1-17-12-24-34(27(36)20-9-7-11-22(37-4)25(20)35(24)31-17)16-23-29-21-10-6-5-8-19(21)26(30-23)32(2)14-18-13-28-33(3)15-18/h5-13,15H,14,16H2,1-4H3. The summed E-state index contributed by atoms with van der Waals surface area (Å²) in [5.41, 5.74) is 3.83. The van der Waals surface area contributed by atoms with Crippen LogP contribution in [0.3, 0.4) is 0 Å². The maximum Gasteiger partial charge on any atom is 0.262 e. The van der Waals surface area contributed by atoms with Crippen molar-refractivity contribution in [2.24, 2.45) is 7.05 Å². The van der Waals surface area contributed by atoms with Gasteiger partial charge in [0.25, 0.3) is 5.56 Å². The van der Waals surface area contributed by atoms with Crippen molar-refractivity contribution in [3.8, 4) is 5.75 Å². The normalized spacial score (nSPS) is 11.6. The van der Waals surface area contributed by atoms with E-state index >= 15 is 0 Å². The molecular weight excluding hydrogens is 468 g/mol. The van der Waals surface area contributed by atoms with E-state index in [1.165, 1.54) is 0 Å². The molecule has 0 radical (unpaired) electrons. The van der Waals surface area contributed by atoms with Crippen molar-refractivity contribution >= 4 is 33.3 Å². The number of rotatable bonds is 6. The third-order valence-corrected chi connectivity index (χ3v) is 6.46. The van der Waals surface area contributed by atoms with E-state index < -0.39 is 0 Å². The van der Waals surface area contributed by atoms with Gasteiger partial charge in [-0.05, 0) is 31.2 Å². The zero-order valence-electron chi connectivity index (χ0n) is 21.1. The summed E-state index contributed by atoms with van der Waals surface area (Å²) >= 11 is 0. The van der Waals surface area contributed by atoms with Crippen molar-refractivity contribution < 1.29 is 4.74 Å². The average Bonchev–Trinajstić information content (AvgIpc) is 3.49. The second kappa shape index (κ2) is 8.74. The molecule has 0 saturated heterocycles. The number of aryl methyl sites for hydroxylation is 2. The molecule has 0 aliphatic heterocycles. The van der Waals surface area contributed by atoms with E-state index in [-0.39, 0.29) is 12.1 Å². The van der Waals surface area contributed by atoms with Gasteiger partial charge in [-0.3, -0.25) is 14.0 Å². The average molecular weight is 495 g/mol. The Balaban J connectivity index is 1.51. The second-order valence-electron chi connectivity index (χ2n) is 9.16. The molecule has 0 N–H and O–H groups in total. The van der Waals surface area contributed by atoms with E-state index in [1.54, 1.807) is 26.9 Å². The smallest absolute Gasteiger partial charge is 0.262 e. The molecule has 6 rings (SSSR count). The van der Waals surface area contributed by atoms with Crippen LogP contribution >= 0.6 is 0 Å². The van der Waals surface area contributed by atoms with Gasteiger partial charge in [-0.1, -0.05) is 18.2 Å². The fourth-order valence-corrected chi connectivity index (χ4v) is 4.84. The van der Waals surface area contributed by atoms with Crippen LogP contribution in [0.2, 0.25) is 0 Å². The van der Waals surface area contributed by atoms with E-state index in [4.69, 9.17) is 14.7 Å². The number of hydrogen-bond acceptors (Lipinski definition) is 7. The van der Waals surface area contributed by atoms with Crippen LogP contribution < -0.4 is 15.2 Å². The zero-order chi connectivity index (χ0) is 25.7. The summed E-state index contributed by atoms with van der Waals surface area (Å²) < 4.78 is 10.8. The van der Waals surface area contributed by atoms with E-state index in [2.05, 4.69) is 15.1 Å². The number of para-hydroxylation sites is 2. The van der Waals surface area contributed by atoms with Crippen LogP contribution in [-0.4, -0.2) is 48.1 Å². The lowest BCUT2D eigenvalue weighted by molar-refractivity contribution is 0.418. The predicted octanol–water partition coefficient (Wildman–Crippen LogP) is 3.33. The fraction of sp³-hybridized carbons (Fsp3) is 0.222. The van der Waals surface area contributed by atoms with Crippen molar-refractivity contribution in [1.29, 1.82) is 0 Å². The SMILES string of the molecule is COc1cccc2c(=O)n(Cc3nc(N(C)Cc4cnn(C)c4)c4ccccc4n3)c3cc(C)nn3c12. The summed E-state index contributed by atoms with van der Waals surface area (Å²) in [6.07, 6.45) is 3.84. The Hall–Kier alpha value is -4.73. The summed E-state index contributed by atoms with van der Waals surface area (Å²) in [5, 5.41) is 10.4. The van der Waals surface area contributed by atoms with E-state index in [1.807, 2.05) is 75.9 Å². The van der Waals surface area contributed by atoms with Gasteiger partial charge in [-0.2, -0.15) is 10.2 Å². The van der Waals surface area contributed by atoms with Crippen molar-refractivity contribution in [2.45, 2.75) is 20.0 Å². The Kier molecular flexibility index (Phi) is 5.36. The highest BCUT2D eigenvalue weighted by Gasteiger charge is 2.19. The highest BCUT2D eigenvalue weighted by atomic mass is 16.5. The quantitative estimate of drug-likeness (QED) is 0.350. The molecule has 4 aromatic heterocycles. The Bertz CT molecular complexity index is 1850. The summed E-state index contributed by atoms with van der Waals surface area (Å²) in [6, 6.07) is 15.2. The monoisotopic (exact) mass is 494 g/mol. The highest BCUT2D eigenvalue weighted by Crippen LogP contribution is 2.27. The number of ether oxygens (including phenoxy) is 1. The first-order chi connectivity index (χ1) is 17.9. The molecule has 37 heavy (non-hydrogen) atoms. The van der Waals surface area contributed by atoms with E-state index in [0.29, 0.717) is 34.7 Å². The first-order valence-corrected chi connectivity index (χ1v) is 11.9. The number of benzene rings is 2. The molecule has 0 spiro atoms. The van der Waals surface area contributed by atoms with Crippen molar-refractivity contribution in [3.05, 3.63) is 88.4 Å². The molecule has 0 amide bonds. The first-order valence-electron chi connectivity index (χ1n) is 11.9. The minimum atomic E-state index is -0.150. The third-order valence-electron chi connectivity index (χ3n) is 6.46. The Morgan fingerprint density at radius 2 is 1.86 bits per heavy atom. The predicted molar refractivity (Wildman–Crippen MR) is 142 cm³/mol. The maximum absolute atomic E-state index is 13.7. The maximum atomic E-state index is 13.7. The first kappa shape index (κ1) is 22.7.